The molecule has 1 fully saturated rings. The number of fused-ring (bicyclic) bond motifs is 1. The first-order valence-electron chi connectivity index (χ1n) is 12.6. The number of amides is 1. The topological polar surface area (TPSA) is 70.8 Å². The number of halogens is 1. The van der Waals surface area contributed by atoms with Crippen molar-refractivity contribution in [2.24, 2.45) is 0 Å². The number of rotatable bonds is 8. The molecule has 3 heterocycles. The van der Waals surface area contributed by atoms with Crippen molar-refractivity contribution in [3.05, 3.63) is 70.4 Å². The van der Waals surface area contributed by atoms with E-state index in [0.717, 1.165) is 67.0 Å². The zero-order valence-electron chi connectivity index (χ0n) is 20.6. The summed E-state index contributed by atoms with van der Waals surface area (Å²) >= 11 is 6.09. The molecular formula is C28H33ClN4O3. The highest BCUT2D eigenvalue weighted by Crippen LogP contribution is 2.34. The molecule has 0 spiro atoms. The molecule has 0 aliphatic carbocycles. The fraction of sp³-hybridized carbons (Fsp3) is 0.429. The number of nitrogens with zero attached hydrogens (tertiary/aromatic N) is 4. The number of carbonyl (C=O) groups excluding carboxylic acids is 1. The number of para-hydroxylation sites is 1. The number of ether oxygens (including phenoxy) is 1. The van der Waals surface area contributed by atoms with Crippen LogP contribution < -0.4 is 4.74 Å². The van der Waals surface area contributed by atoms with E-state index < -0.39 is 6.10 Å². The molecule has 5 rings (SSSR count). The summed E-state index contributed by atoms with van der Waals surface area (Å²) in [5, 5.41) is 16.6. The number of benzene rings is 2. The molecule has 2 aliphatic heterocycles. The highest BCUT2D eigenvalue weighted by atomic mass is 35.5. The van der Waals surface area contributed by atoms with Gasteiger partial charge < -0.3 is 19.6 Å². The summed E-state index contributed by atoms with van der Waals surface area (Å²) in [4.78, 5) is 15.6. The standard InChI is InChI=1S/C28H33ClN4O3/c1-36-27-5-3-2-4-24(27)20-10-13-31(14-11-20)16-23(35)17-33-26-12-15-32(19-34)18-25(26)28(30-33)21-6-8-22(29)9-7-21/h2-9,19-20,23,35H,10-18H2,1H3. The van der Waals surface area contributed by atoms with Crippen LogP contribution in [0.2, 0.25) is 5.02 Å². The molecule has 7 nitrogen and oxygen atoms in total. The van der Waals surface area contributed by atoms with E-state index in [1.54, 1.807) is 12.0 Å². The first kappa shape index (κ1) is 24.8. The van der Waals surface area contributed by atoms with Crippen LogP contribution in [0.3, 0.4) is 0 Å². The predicted octanol–water partition coefficient (Wildman–Crippen LogP) is 3.97. The highest BCUT2D eigenvalue weighted by Gasteiger charge is 2.28. The molecule has 0 saturated carbocycles. The number of carbonyl (C=O) groups is 1. The molecule has 1 amide bonds. The summed E-state index contributed by atoms with van der Waals surface area (Å²) in [6, 6.07) is 15.9. The van der Waals surface area contributed by atoms with Gasteiger partial charge in [-0.1, -0.05) is 41.9 Å². The van der Waals surface area contributed by atoms with E-state index in [4.69, 9.17) is 21.4 Å². The Kier molecular flexibility index (Phi) is 7.60. The highest BCUT2D eigenvalue weighted by molar-refractivity contribution is 6.30. The SMILES string of the molecule is COc1ccccc1C1CCN(CC(O)Cn2nc(-c3ccc(Cl)cc3)c3c2CCN(C=O)C3)CC1. The van der Waals surface area contributed by atoms with Gasteiger partial charge in [-0.3, -0.25) is 9.48 Å². The summed E-state index contributed by atoms with van der Waals surface area (Å²) in [5.41, 5.74) is 5.27. The van der Waals surface area contributed by atoms with Crippen LogP contribution in [-0.4, -0.2) is 70.5 Å². The molecule has 1 atom stereocenters. The Hall–Kier alpha value is -2.87. The van der Waals surface area contributed by atoms with Crippen molar-refractivity contribution in [1.82, 2.24) is 19.6 Å². The molecule has 3 aromatic rings. The third-order valence-electron chi connectivity index (χ3n) is 7.45. The molecule has 1 unspecified atom stereocenters. The lowest BCUT2D eigenvalue weighted by Crippen LogP contribution is -2.40. The number of likely N-dealkylation sites (tertiary alicyclic amines) is 1. The number of piperidine rings is 1. The lowest BCUT2D eigenvalue weighted by Gasteiger charge is -2.34. The van der Waals surface area contributed by atoms with E-state index in [9.17, 15) is 9.90 Å². The predicted molar refractivity (Wildman–Crippen MR) is 140 cm³/mol. The number of methoxy groups -OCH3 is 1. The van der Waals surface area contributed by atoms with E-state index in [2.05, 4.69) is 17.0 Å². The van der Waals surface area contributed by atoms with Gasteiger partial charge in [-0.15, -0.1) is 0 Å². The van der Waals surface area contributed by atoms with E-state index in [0.29, 0.717) is 37.1 Å². The number of aliphatic hydroxyl groups excluding tert-OH is 1. The van der Waals surface area contributed by atoms with Crippen LogP contribution in [0.1, 0.15) is 35.6 Å². The van der Waals surface area contributed by atoms with Gasteiger partial charge in [-0.2, -0.15) is 5.10 Å². The lowest BCUT2D eigenvalue weighted by molar-refractivity contribution is -0.118. The quantitative estimate of drug-likeness (QED) is 0.466. The van der Waals surface area contributed by atoms with Crippen LogP contribution in [-0.2, 0) is 24.3 Å². The maximum atomic E-state index is 11.4. The molecule has 2 aromatic carbocycles. The maximum absolute atomic E-state index is 11.4. The third kappa shape index (κ3) is 5.28. The largest absolute Gasteiger partial charge is 0.496 e. The molecule has 0 bridgehead atoms. The van der Waals surface area contributed by atoms with Gasteiger partial charge in [0.2, 0.25) is 6.41 Å². The number of hydrogen-bond acceptors (Lipinski definition) is 5. The summed E-state index contributed by atoms with van der Waals surface area (Å²) in [5.74, 6) is 1.44. The Balaban J connectivity index is 1.26. The Morgan fingerprint density at radius 1 is 1.11 bits per heavy atom. The van der Waals surface area contributed by atoms with Crippen molar-refractivity contribution < 1.29 is 14.6 Å². The normalized spacial score (nSPS) is 17.6. The summed E-state index contributed by atoms with van der Waals surface area (Å²) in [6.07, 6.45) is 3.19. The van der Waals surface area contributed by atoms with Gasteiger partial charge in [0.25, 0.3) is 0 Å². The van der Waals surface area contributed by atoms with E-state index >= 15 is 0 Å². The van der Waals surface area contributed by atoms with Crippen molar-refractivity contribution in [3.63, 3.8) is 0 Å². The molecule has 1 aromatic heterocycles. The van der Waals surface area contributed by atoms with Crippen LogP contribution in [0, 0.1) is 0 Å². The minimum atomic E-state index is -0.529. The second kappa shape index (κ2) is 11.0. The van der Waals surface area contributed by atoms with Gasteiger partial charge in [0.1, 0.15) is 5.75 Å². The van der Waals surface area contributed by atoms with Crippen molar-refractivity contribution >= 4 is 18.0 Å². The fourth-order valence-electron chi connectivity index (χ4n) is 5.58. The first-order chi connectivity index (χ1) is 17.6. The second-order valence-electron chi connectivity index (χ2n) is 9.76. The minimum Gasteiger partial charge on any atom is -0.496 e. The van der Waals surface area contributed by atoms with E-state index in [1.807, 2.05) is 41.1 Å². The van der Waals surface area contributed by atoms with E-state index in [1.165, 1.54) is 5.56 Å². The van der Waals surface area contributed by atoms with Gasteiger partial charge in [0.05, 0.1) is 25.5 Å². The Labute approximate surface area is 217 Å². The van der Waals surface area contributed by atoms with Crippen molar-refractivity contribution in [2.45, 2.75) is 44.4 Å². The average molecular weight is 509 g/mol. The summed E-state index contributed by atoms with van der Waals surface area (Å²) in [6.45, 7) is 4.13. The van der Waals surface area contributed by atoms with Crippen LogP contribution in [0.4, 0.5) is 0 Å². The van der Waals surface area contributed by atoms with E-state index in [-0.39, 0.29) is 0 Å². The van der Waals surface area contributed by atoms with Crippen LogP contribution >= 0.6 is 11.6 Å². The number of aromatic nitrogens is 2. The summed E-state index contributed by atoms with van der Waals surface area (Å²) < 4.78 is 7.52. The average Bonchev–Trinajstić information content (AvgIpc) is 3.26. The molecule has 2 aliphatic rings. The Morgan fingerprint density at radius 2 is 1.86 bits per heavy atom. The Bertz CT molecular complexity index is 1190. The first-order valence-corrected chi connectivity index (χ1v) is 13.0. The monoisotopic (exact) mass is 508 g/mol. The van der Waals surface area contributed by atoms with Gasteiger partial charge >= 0.3 is 0 Å². The molecular weight excluding hydrogens is 476 g/mol. The van der Waals surface area contributed by atoms with Crippen molar-refractivity contribution in [2.75, 3.05) is 33.3 Å². The van der Waals surface area contributed by atoms with Gasteiger partial charge in [-0.25, -0.2) is 0 Å². The van der Waals surface area contributed by atoms with Crippen LogP contribution in [0.15, 0.2) is 48.5 Å². The Morgan fingerprint density at radius 3 is 2.58 bits per heavy atom. The smallest absolute Gasteiger partial charge is 0.210 e. The summed E-state index contributed by atoms with van der Waals surface area (Å²) in [7, 11) is 1.73. The maximum Gasteiger partial charge on any atom is 0.210 e. The number of β-amino-alcohol motifs (C(OH)–C–C–N with tert-alkyl or cyclic N) is 1. The van der Waals surface area contributed by atoms with Crippen molar-refractivity contribution in [1.29, 1.82) is 0 Å². The van der Waals surface area contributed by atoms with Crippen LogP contribution in [0.5, 0.6) is 5.75 Å². The lowest BCUT2D eigenvalue weighted by atomic mass is 9.88. The number of aliphatic hydroxyl groups is 1. The zero-order chi connectivity index (χ0) is 25.1. The molecule has 190 valence electrons. The van der Waals surface area contributed by atoms with Gasteiger partial charge in [0, 0.05) is 47.9 Å². The minimum absolute atomic E-state index is 0.434. The molecule has 1 saturated heterocycles. The third-order valence-corrected chi connectivity index (χ3v) is 7.70. The molecule has 36 heavy (non-hydrogen) atoms. The number of hydrogen-bond donors (Lipinski definition) is 1. The fourth-order valence-corrected chi connectivity index (χ4v) is 5.70. The molecule has 8 heteroatoms. The second-order valence-corrected chi connectivity index (χ2v) is 10.2. The van der Waals surface area contributed by atoms with Crippen LogP contribution in [0.25, 0.3) is 11.3 Å². The van der Waals surface area contributed by atoms with Gasteiger partial charge in [0.15, 0.2) is 0 Å². The molecule has 0 radical (unpaired) electrons. The zero-order valence-corrected chi connectivity index (χ0v) is 21.4. The molecule has 1 N–H and O–H groups in total. The van der Waals surface area contributed by atoms with Gasteiger partial charge in [-0.05, 0) is 55.6 Å². The van der Waals surface area contributed by atoms with Crippen molar-refractivity contribution in [3.8, 4) is 17.0 Å².